The molecule has 1 aromatic carbocycles. The molecule has 1 nitrogen and oxygen atoms in total. The molecule has 1 rings (SSSR count). The lowest BCUT2D eigenvalue weighted by molar-refractivity contribution is 0.435. The summed E-state index contributed by atoms with van der Waals surface area (Å²) in [6, 6.07) is 3.28. The Morgan fingerprint density at radius 2 is 2.08 bits per heavy atom. The van der Waals surface area contributed by atoms with Crippen LogP contribution in [0, 0.1) is 5.82 Å². The molecule has 0 fully saturated rings. The summed E-state index contributed by atoms with van der Waals surface area (Å²) in [5.41, 5.74) is 5.85. The van der Waals surface area contributed by atoms with Crippen LogP contribution in [0.25, 0.3) is 0 Å². The van der Waals surface area contributed by atoms with E-state index in [0.717, 1.165) is 0 Å². The third-order valence-corrected chi connectivity index (χ3v) is 2.25. The van der Waals surface area contributed by atoms with Gasteiger partial charge in [-0.1, -0.05) is 15.9 Å². The highest BCUT2D eigenvalue weighted by Crippen LogP contribution is 2.23. The lowest BCUT2D eigenvalue weighted by Gasteiger charge is -2.09. The van der Waals surface area contributed by atoms with Crippen LogP contribution in [-0.2, 0) is 0 Å². The Bertz CT molecular complexity index is 283. The smallest absolute Gasteiger partial charge is 0.123 e. The largest absolute Gasteiger partial charge is 0.322 e. The summed E-state index contributed by atoms with van der Waals surface area (Å²) in [5, 5.41) is 0. The van der Waals surface area contributed by atoms with E-state index >= 15 is 0 Å². The van der Waals surface area contributed by atoms with E-state index in [1.807, 2.05) is 0 Å². The van der Waals surface area contributed by atoms with E-state index in [-0.39, 0.29) is 12.4 Å². The fourth-order valence-corrected chi connectivity index (χ4v) is 1.42. The zero-order valence-electron chi connectivity index (χ0n) is 6.64. The van der Waals surface area contributed by atoms with Crippen LogP contribution >= 0.6 is 28.3 Å². The summed E-state index contributed by atoms with van der Waals surface area (Å²) in [5.74, 6) is -0.405. The van der Waals surface area contributed by atoms with Gasteiger partial charge in [-0.05, 0) is 23.8 Å². The van der Waals surface area contributed by atoms with Crippen LogP contribution in [0.1, 0.15) is 11.6 Å². The zero-order valence-corrected chi connectivity index (χ0v) is 9.04. The Hall–Kier alpha value is -0.190. The van der Waals surface area contributed by atoms with Crippen molar-refractivity contribution < 1.29 is 8.78 Å². The summed E-state index contributed by atoms with van der Waals surface area (Å²) in [6.45, 7) is -0.692. The molecule has 5 heteroatoms. The number of alkyl halides is 1. The second-order valence-electron chi connectivity index (χ2n) is 2.43. The van der Waals surface area contributed by atoms with Crippen LogP contribution in [0.2, 0.25) is 0 Å². The van der Waals surface area contributed by atoms with Crippen molar-refractivity contribution in [3.8, 4) is 0 Å². The van der Waals surface area contributed by atoms with Gasteiger partial charge in [0.2, 0.25) is 0 Å². The minimum Gasteiger partial charge on any atom is -0.322 e. The quantitative estimate of drug-likeness (QED) is 0.880. The van der Waals surface area contributed by atoms with Crippen LogP contribution < -0.4 is 5.73 Å². The van der Waals surface area contributed by atoms with Gasteiger partial charge in [0.05, 0.1) is 6.04 Å². The molecule has 0 aliphatic rings. The first-order chi connectivity index (χ1) is 5.65. The Labute approximate surface area is 89.9 Å². The van der Waals surface area contributed by atoms with Crippen LogP contribution in [0.4, 0.5) is 8.78 Å². The third-order valence-electron chi connectivity index (χ3n) is 1.52. The van der Waals surface area contributed by atoms with E-state index < -0.39 is 18.5 Å². The molecule has 13 heavy (non-hydrogen) atoms. The topological polar surface area (TPSA) is 26.0 Å². The molecule has 0 heterocycles. The SMILES string of the molecule is Cl.N[C@H](CF)c1cc(F)ccc1Br. The fourth-order valence-electron chi connectivity index (χ4n) is 0.882. The van der Waals surface area contributed by atoms with Crippen molar-refractivity contribution in [3.05, 3.63) is 34.1 Å². The molecular weight excluding hydrogens is 263 g/mol. The maximum Gasteiger partial charge on any atom is 0.123 e. The van der Waals surface area contributed by atoms with Gasteiger partial charge in [0, 0.05) is 4.47 Å². The number of benzene rings is 1. The first kappa shape index (κ1) is 12.8. The second kappa shape index (κ2) is 5.52. The molecule has 0 aliphatic heterocycles. The molecule has 0 unspecified atom stereocenters. The number of nitrogens with two attached hydrogens (primary N) is 1. The predicted molar refractivity (Wildman–Crippen MR) is 54.3 cm³/mol. The molecule has 74 valence electrons. The summed E-state index contributed by atoms with van der Waals surface area (Å²) in [6.07, 6.45) is 0. The molecule has 0 saturated heterocycles. The summed E-state index contributed by atoms with van der Waals surface area (Å²) >= 11 is 3.16. The molecule has 2 N–H and O–H groups in total. The third kappa shape index (κ3) is 3.21. The standard InChI is InChI=1S/C8H8BrF2N.ClH/c9-7-2-1-5(11)3-6(7)8(12)4-10;/h1-3,8H,4,12H2;1H/t8-;/m1./s1. The average molecular weight is 273 g/mol. The summed E-state index contributed by atoms with van der Waals surface area (Å²) < 4.78 is 25.4. The van der Waals surface area contributed by atoms with E-state index in [1.165, 1.54) is 18.2 Å². The highest BCUT2D eigenvalue weighted by Gasteiger charge is 2.09. The van der Waals surface area contributed by atoms with Gasteiger partial charge >= 0.3 is 0 Å². The second-order valence-corrected chi connectivity index (χ2v) is 3.28. The van der Waals surface area contributed by atoms with Gasteiger partial charge in [-0.15, -0.1) is 12.4 Å². The predicted octanol–water partition coefficient (Wildman–Crippen LogP) is 2.98. The van der Waals surface area contributed by atoms with Gasteiger partial charge in [-0.25, -0.2) is 8.78 Å². The Balaban J connectivity index is 0.00000144. The summed E-state index contributed by atoms with van der Waals surface area (Å²) in [7, 11) is 0. The van der Waals surface area contributed by atoms with E-state index in [1.54, 1.807) is 0 Å². The summed E-state index contributed by atoms with van der Waals surface area (Å²) in [4.78, 5) is 0. The first-order valence-corrected chi connectivity index (χ1v) is 4.21. The normalized spacial score (nSPS) is 12.0. The van der Waals surface area contributed by atoms with Crippen LogP contribution in [0.3, 0.4) is 0 Å². The molecule has 0 spiro atoms. The van der Waals surface area contributed by atoms with Gasteiger partial charge in [-0.3, -0.25) is 0 Å². The molecule has 0 aliphatic carbocycles. The van der Waals surface area contributed by atoms with Crippen molar-refractivity contribution in [2.24, 2.45) is 5.73 Å². The van der Waals surface area contributed by atoms with Crippen LogP contribution in [0.5, 0.6) is 0 Å². The highest BCUT2D eigenvalue weighted by atomic mass is 79.9. The molecule has 0 amide bonds. The minimum absolute atomic E-state index is 0. The van der Waals surface area contributed by atoms with E-state index in [2.05, 4.69) is 15.9 Å². The van der Waals surface area contributed by atoms with Crippen molar-refractivity contribution in [2.75, 3.05) is 6.67 Å². The Morgan fingerprint density at radius 1 is 1.46 bits per heavy atom. The maximum absolute atomic E-state index is 12.6. The van der Waals surface area contributed by atoms with Crippen molar-refractivity contribution in [2.45, 2.75) is 6.04 Å². The zero-order chi connectivity index (χ0) is 9.14. The van der Waals surface area contributed by atoms with E-state index in [0.29, 0.717) is 10.0 Å². The van der Waals surface area contributed by atoms with E-state index in [9.17, 15) is 8.78 Å². The van der Waals surface area contributed by atoms with Crippen LogP contribution in [-0.4, -0.2) is 6.67 Å². The van der Waals surface area contributed by atoms with Gasteiger partial charge in [-0.2, -0.15) is 0 Å². The lowest BCUT2D eigenvalue weighted by Crippen LogP contribution is -2.12. The molecule has 0 aromatic heterocycles. The molecule has 1 atom stereocenters. The van der Waals surface area contributed by atoms with Gasteiger partial charge < -0.3 is 5.73 Å². The minimum atomic E-state index is -0.755. The molecule has 0 bridgehead atoms. The molecule has 1 aromatic rings. The molecule has 0 saturated carbocycles. The first-order valence-electron chi connectivity index (χ1n) is 3.41. The number of rotatable bonds is 2. The molecular formula is C8H9BrClF2N. The van der Waals surface area contributed by atoms with Gasteiger partial charge in [0.25, 0.3) is 0 Å². The monoisotopic (exact) mass is 271 g/mol. The highest BCUT2D eigenvalue weighted by molar-refractivity contribution is 9.10. The van der Waals surface area contributed by atoms with Gasteiger partial charge in [0.15, 0.2) is 0 Å². The van der Waals surface area contributed by atoms with Crippen molar-refractivity contribution in [1.82, 2.24) is 0 Å². The van der Waals surface area contributed by atoms with Crippen molar-refractivity contribution in [3.63, 3.8) is 0 Å². The average Bonchev–Trinajstić information content (AvgIpc) is 2.08. The Kier molecular flexibility index (Phi) is 5.44. The number of hydrogen-bond acceptors (Lipinski definition) is 1. The van der Waals surface area contributed by atoms with E-state index in [4.69, 9.17) is 5.73 Å². The lowest BCUT2D eigenvalue weighted by atomic mass is 10.1. The number of halogens is 4. The number of hydrogen-bond donors (Lipinski definition) is 1. The van der Waals surface area contributed by atoms with Crippen LogP contribution in [0.15, 0.2) is 22.7 Å². The molecule has 0 radical (unpaired) electrons. The van der Waals surface area contributed by atoms with Crippen molar-refractivity contribution >= 4 is 28.3 Å². The Morgan fingerprint density at radius 3 is 2.62 bits per heavy atom. The fraction of sp³-hybridized carbons (Fsp3) is 0.250. The maximum atomic E-state index is 12.6. The van der Waals surface area contributed by atoms with Gasteiger partial charge in [0.1, 0.15) is 12.5 Å². The van der Waals surface area contributed by atoms with Crippen molar-refractivity contribution in [1.29, 1.82) is 0 Å².